The second kappa shape index (κ2) is 7.38. The van der Waals surface area contributed by atoms with Crippen molar-refractivity contribution in [1.82, 2.24) is 10.6 Å². The van der Waals surface area contributed by atoms with Gasteiger partial charge in [0.2, 0.25) is 0 Å². The highest BCUT2D eigenvalue weighted by atomic mass is 16.4. The molecule has 1 rings (SSSR count). The van der Waals surface area contributed by atoms with Crippen LogP contribution in [-0.2, 0) is 0 Å². The Bertz CT molecular complexity index is 460. The van der Waals surface area contributed by atoms with E-state index in [1.54, 1.807) is 19.1 Å². The van der Waals surface area contributed by atoms with Crippen molar-refractivity contribution in [3.8, 4) is 0 Å². The maximum Gasteiger partial charge on any atom is 0.337 e. The van der Waals surface area contributed by atoms with Gasteiger partial charge in [0, 0.05) is 6.54 Å². The summed E-state index contributed by atoms with van der Waals surface area (Å²) in [4.78, 5) is 22.7. The first-order chi connectivity index (χ1) is 9.06. The van der Waals surface area contributed by atoms with Crippen molar-refractivity contribution in [3.63, 3.8) is 0 Å². The Morgan fingerprint density at radius 2 is 2.00 bits per heavy atom. The summed E-state index contributed by atoms with van der Waals surface area (Å²) in [7, 11) is 1.84. The highest BCUT2D eigenvalue weighted by Gasteiger charge is 2.13. The molecule has 6 heteroatoms. The molecule has 0 radical (unpaired) electrons. The largest absolute Gasteiger partial charge is 0.478 e. The molecule has 1 aromatic carbocycles. The number of urea groups is 1. The molecular formula is C13H19N3O3. The molecule has 0 aliphatic carbocycles. The van der Waals surface area contributed by atoms with Crippen molar-refractivity contribution >= 4 is 17.7 Å². The SMILES string of the molecule is CNCCCNC(=O)Nc1c(C)cccc1C(=O)O. The van der Waals surface area contributed by atoms with Crippen molar-refractivity contribution in [2.45, 2.75) is 13.3 Å². The van der Waals surface area contributed by atoms with E-state index in [1.165, 1.54) is 6.07 Å². The summed E-state index contributed by atoms with van der Waals surface area (Å²) in [6, 6.07) is 4.47. The van der Waals surface area contributed by atoms with E-state index in [4.69, 9.17) is 5.11 Å². The molecule has 0 atom stereocenters. The van der Waals surface area contributed by atoms with Crippen LogP contribution in [0.3, 0.4) is 0 Å². The zero-order valence-corrected chi connectivity index (χ0v) is 11.1. The lowest BCUT2D eigenvalue weighted by Gasteiger charge is -2.12. The van der Waals surface area contributed by atoms with E-state index < -0.39 is 12.0 Å². The van der Waals surface area contributed by atoms with Crippen molar-refractivity contribution in [2.24, 2.45) is 0 Å². The van der Waals surface area contributed by atoms with Gasteiger partial charge in [-0.3, -0.25) is 0 Å². The van der Waals surface area contributed by atoms with Gasteiger partial charge in [-0.2, -0.15) is 0 Å². The number of aryl methyl sites for hydroxylation is 1. The van der Waals surface area contributed by atoms with Gasteiger partial charge >= 0.3 is 12.0 Å². The third-order valence-electron chi connectivity index (χ3n) is 2.63. The maximum atomic E-state index is 11.7. The number of rotatable bonds is 6. The van der Waals surface area contributed by atoms with Gasteiger partial charge in [-0.1, -0.05) is 12.1 Å². The third-order valence-corrected chi connectivity index (χ3v) is 2.63. The average molecular weight is 265 g/mol. The minimum absolute atomic E-state index is 0.0883. The number of carbonyl (C=O) groups excluding carboxylic acids is 1. The van der Waals surface area contributed by atoms with Gasteiger partial charge in [0.1, 0.15) is 0 Å². The van der Waals surface area contributed by atoms with E-state index >= 15 is 0 Å². The van der Waals surface area contributed by atoms with Crippen LogP contribution in [0.2, 0.25) is 0 Å². The number of amides is 2. The van der Waals surface area contributed by atoms with Crippen LogP contribution >= 0.6 is 0 Å². The molecule has 2 amide bonds. The Hall–Kier alpha value is -2.08. The Morgan fingerprint density at radius 3 is 2.63 bits per heavy atom. The van der Waals surface area contributed by atoms with Gasteiger partial charge in [0.05, 0.1) is 11.3 Å². The molecule has 0 saturated heterocycles. The lowest BCUT2D eigenvalue weighted by molar-refractivity contribution is 0.0698. The van der Waals surface area contributed by atoms with E-state index in [2.05, 4.69) is 16.0 Å². The number of carboxylic acids is 1. The van der Waals surface area contributed by atoms with Crippen LogP contribution in [0.5, 0.6) is 0 Å². The Labute approximate surface area is 112 Å². The molecule has 0 bridgehead atoms. The predicted molar refractivity (Wildman–Crippen MR) is 73.7 cm³/mol. The molecule has 0 saturated carbocycles. The van der Waals surface area contributed by atoms with Crippen molar-refractivity contribution in [1.29, 1.82) is 0 Å². The Balaban J connectivity index is 2.66. The molecule has 0 aromatic heterocycles. The molecular weight excluding hydrogens is 246 g/mol. The van der Waals surface area contributed by atoms with Crippen LogP contribution in [0.4, 0.5) is 10.5 Å². The normalized spacial score (nSPS) is 10.0. The molecule has 0 aliphatic rings. The standard InChI is InChI=1S/C13H19N3O3/c1-9-5-3-6-10(12(17)18)11(9)16-13(19)15-8-4-7-14-2/h3,5-6,14H,4,7-8H2,1-2H3,(H,17,18)(H2,15,16,19). The number of hydrogen-bond acceptors (Lipinski definition) is 3. The lowest BCUT2D eigenvalue weighted by Crippen LogP contribution is -2.31. The van der Waals surface area contributed by atoms with Crippen molar-refractivity contribution in [2.75, 3.05) is 25.5 Å². The van der Waals surface area contributed by atoms with Gasteiger partial charge in [0.15, 0.2) is 0 Å². The van der Waals surface area contributed by atoms with Crippen LogP contribution in [-0.4, -0.2) is 37.2 Å². The van der Waals surface area contributed by atoms with E-state index in [0.717, 1.165) is 13.0 Å². The Morgan fingerprint density at radius 1 is 1.26 bits per heavy atom. The molecule has 1 aromatic rings. The topological polar surface area (TPSA) is 90.5 Å². The molecule has 0 spiro atoms. The molecule has 6 nitrogen and oxygen atoms in total. The number of hydrogen-bond donors (Lipinski definition) is 4. The van der Waals surface area contributed by atoms with Gasteiger partial charge in [0.25, 0.3) is 0 Å². The highest BCUT2D eigenvalue weighted by Crippen LogP contribution is 2.20. The number of aromatic carboxylic acids is 1. The van der Waals surface area contributed by atoms with Crippen molar-refractivity contribution < 1.29 is 14.7 Å². The third kappa shape index (κ3) is 4.59. The fraction of sp³-hybridized carbons (Fsp3) is 0.385. The van der Waals surface area contributed by atoms with Crippen LogP contribution in [0.1, 0.15) is 22.3 Å². The number of carboxylic acid groups (broad SMARTS) is 1. The zero-order valence-electron chi connectivity index (χ0n) is 11.1. The summed E-state index contributed by atoms with van der Waals surface area (Å²) in [6.45, 7) is 3.09. The van der Waals surface area contributed by atoms with E-state index in [0.29, 0.717) is 17.8 Å². The van der Waals surface area contributed by atoms with Crippen LogP contribution < -0.4 is 16.0 Å². The van der Waals surface area contributed by atoms with E-state index in [9.17, 15) is 9.59 Å². The quantitative estimate of drug-likeness (QED) is 0.586. The van der Waals surface area contributed by atoms with E-state index in [1.807, 2.05) is 7.05 Å². The summed E-state index contributed by atoms with van der Waals surface area (Å²) in [5, 5.41) is 17.3. The first kappa shape index (κ1) is 15.0. The second-order valence-corrected chi connectivity index (χ2v) is 4.14. The fourth-order valence-corrected chi connectivity index (χ4v) is 1.64. The molecule has 0 unspecified atom stereocenters. The van der Waals surface area contributed by atoms with Gasteiger partial charge in [-0.25, -0.2) is 9.59 Å². The summed E-state index contributed by atoms with van der Waals surface area (Å²) in [6.07, 6.45) is 0.809. The molecule has 19 heavy (non-hydrogen) atoms. The summed E-state index contributed by atoms with van der Waals surface area (Å²) >= 11 is 0. The minimum Gasteiger partial charge on any atom is -0.478 e. The fourth-order valence-electron chi connectivity index (χ4n) is 1.64. The Kier molecular flexibility index (Phi) is 5.81. The average Bonchev–Trinajstić information content (AvgIpc) is 2.37. The molecule has 0 fully saturated rings. The zero-order chi connectivity index (χ0) is 14.3. The lowest BCUT2D eigenvalue weighted by atomic mass is 10.1. The summed E-state index contributed by atoms with van der Waals surface area (Å²) in [5.41, 5.74) is 1.14. The highest BCUT2D eigenvalue weighted by molar-refractivity contribution is 6.00. The maximum absolute atomic E-state index is 11.7. The molecule has 4 N–H and O–H groups in total. The number of anilines is 1. The van der Waals surface area contributed by atoms with Crippen LogP contribution in [0, 0.1) is 6.92 Å². The van der Waals surface area contributed by atoms with Gasteiger partial charge in [-0.05, 0) is 38.6 Å². The molecule has 104 valence electrons. The molecule has 0 aliphatic heterocycles. The van der Waals surface area contributed by atoms with Gasteiger partial charge in [-0.15, -0.1) is 0 Å². The van der Waals surface area contributed by atoms with Crippen LogP contribution in [0.15, 0.2) is 18.2 Å². The number of nitrogens with one attached hydrogen (secondary N) is 3. The van der Waals surface area contributed by atoms with Crippen LogP contribution in [0.25, 0.3) is 0 Å². The monoisotopic (exact) mass is 265 g/mol. The number of carbonyl (C=O) groups is 2. The predicted octanol–water partition coefficient (Wildman–Crippen LogP) is 1.42. The minimum atomic E-state index is -1.06. The summed E-state index contributed by atoms with van der Waals surface area (Å²) < 4.78 is 0. The second-order valence-electron chi connectivity index (χ2n) is 4.14. The number of para-hydroxylation sites is 1. The van der Waals surface area contributed by atoms with E-state index in [-0.39, 0.29) is 5.56 Å². The summed E-state index contributed by atoms with van der Waals surface area (Å²) in [5.74, 6) is -1.06. The molecule has 0 heterocycles. The number of benzene rings is 1. The first-order valence-electron chi connectivity index (χ1n) is 6.08. The smallest absolute Gasteiger partial charge is 0.337 e. The van der Waals surface area contributed by atoms with Crippen molar-refractivity contribution in [3.05, 3.63) is 29.3 Å². The van der Waals surface area contributed by atoms with Gasteiger partial charge < -0.3 is 21.1 Å². The first-order valence-corrected chi connectivity index (χ1v) is 6.08.